The van der Waals surface area contributed by atoms with Gasteiger partial charge in [-0.2, -0.15) is 0 Å². The van der Waals surface area contributed by atoms with Crippen LogP contribution in [0, 0.1) is 0 Å². The van der Waals surface area contributed by atoms with E-state index in [-0.39, 0.29) is 31.0 Å². The van der Waals surface area contributed by atoms with Gasteiger partial charge in [-0.1, -0.05) is 18.2 Å². The molecule has 3 N–H and O–H groups in total. The minimum atomic E-state index is -0.277. The largest absolute Gasteiger partial charge is 0.396 e. The van der Waals surface area contributed by atoms with E-state index in [0.29, 0.717) is 12.0 Å². The van der Waals surface area contributed by atoms with Crippen molar-refractivity contribution in [2.75, 3.05) is 13.2 Å². The molecule has 0 heterocycles. The van der Waals surface area contributed by atoms with E-state index in [2.05, 4.69) is 10.6 Å². The monoisotopic (exact) mass is 250 g/mol. The van der Waals surface area contributed by atoms with Crippen molar-refractivity contribution in [1.29, 1.82) is 0 Å². The maximum atomic E-state index is 11.6. The lowest BCUT2D eigenvalue weighted by atomic mass is 10.2. The molecular formula is C13H18N2O3. The molecule has 1 aromatic carbocycles. The van der Waals surface area contributed by atoms with Crippen LogP contribution in [0.1, 0.15) is 23.7 Å². The van der Waals surface area contributed by atoms with Crippen LogP contribution in [0.5, 0.6) is 0 Å². The molecular weight excluding hydrogens is 232 g/mol. The maximum Gasteiger partial charge on any atom is 0.251 e. The van der Waals surface area contributed by atoms with Gasteiger partial charge in [-0.3, -0.25) is 9.59 Å². The van der Waals surface area contributed by atoms with Crippen molar-refractivity contribution in [3.8, 4) is 0 Å². The van der Waals surface area contributed by atoms with Gasteiger partial charge in [-0.05, 0) is 25.5 Å². The molecule has 2 amide bonds. The minimum Gasteiger partial charge on any atom is -0.396 e. The molecule has 0 aromatic heterocycles. The number of carbonyl (C=O) groups is 2. The van der Waals surface area contributed by atoms with Crippen LogP contribution in [-0.2, 0) is 4.79 Å². The van der Waals surface area contributed by atoms with Crippen molar-refractivity contribution < 1.29 is 14.7 Å². The van der Waals surface area contributed by atoms with Gasteiger partial charge in [0.05, 0.1) is 6.54 Å². The van der Waals surface area contributed by atoms with E-state index < -0.39 is 0 Å². The fraction of sp³-hybridized carbons (Fsp3) is 0.385. The molecule has 0 spiro atoms. The van der Waals surface area contributed by atoms with Crippen molar-refractivity contribution in [3.05, 3.63) is 35.9 Å². The quantitative estimate of drug-likeness (QED) is 0.679. The summed E-state index contributed by atoms with van der Waals surface area (Å²) in [6, 6.07) is 8.61. The average Bonchev–Trinajstić information content (AvgIpc) is 2.37. The first kappa shape index (κ1) is 14.2. The van der Waals surface area contributed by atoms with Crippen molar-refractivity contribution >= 4 is 11.8 Å². The molecule has 0 fully saturated rings. The van der Waals surface area contributed by atoms with Gasteiger partial charge in [0, 0.05) is 18.2 Å². The van der Waals surface area contributed by atoms with Crippen LogP contribution in [0.25, 0.3) is 0 Å². The van der Waals surface area contributed by atoms with Crippen LogP contribution < -0.4 is 10.6 Å². The second-order valence-corrected chi connectivity index (χ2v) is 4.03. The number of nitrogens with one attached hydrogen (secondary N) is 2. The van der Waals surface area contributed by atoms with E-state index in [4.69, 9.17) is 5.11 Å². The first-order valence-corrected chi connectivity index (χ1v) is 5.87. The van der Waals surface area contributed by atoms with E-state index in [1.807, 2.05) is 6.07 Å². The minimum absolute atomic E-state index is 0.0256. The molecule has 0 radical (unpaired) electrons. The number of benzene rings is 1. The molecule has 1 rings (SSSR count). The molecule has 5 nitrogen and oxygen atoms in total. The van der Waals surface area contributed by atoms with Crippen LogP contribution in [0.2, 0.25) is 0 Å². The fourth-order valence-corrected chi connectivity index (χ4v) is 1.44. The zero-order valence-corrected chi connectivity index (χ0v) is 10.3. The maximum absolute atomic E-state index is 11.6. The standard InChI is InChI=1S/C13H18N2O3/c1-10(7-8-16)15-12(17)9-14-13(18)11-5-3-2-4-6-11/h2-6,10,16H,7-9H2,1H3,(H,14,18)(H,15,17). The fourth-order valence-electron chi connectivity index (χ4n) is 1.44. The van der Waals surface area contributed by atoms with Gasteiger partial charge in [0.15, 0.2) is 0 Å². The summed E-state index contributed by atoms with van der Waals surface area (Å²) in [4.78, 5) is 23.1. The number of hydrogen-bond acceptors (Lipinski definition) is 3. The number of rotatable bonds is 6. The van der Waals surface area contributed by atoms with E-state index in [1.165, 1.54) is 0 Å². The van der Waals surface area contributed by atoms with Crippen LogP contribution >= 0.6 is 0 Å². The molecule has 1 unspecified atom stereocenters. The highest BCUT2D eigenvalue weighted by Gasteiger charge is 2.09. The second kappa shape index (κ2) is 7.45. The Morgan fingerprint density at radius 3 is 2.56 bits per heavy atom. The molecule has 0 bridgehead atoms. The number of carbonyl (C=O) groups excluding carboxylic acids is 2. The van der Waals surface area contributed by atoms with Gasteiger partial charge in [-0.15, -0.1) is 0 Å². The van der Waals surface area contributed by atoms with E-state index >= 15 is 0 Å². The summed E-state index contributed by atoms with van der Waals surface area (Å²) in [6.07, 6.45) is 0.498. The van der Waals surface area contributed by atoms with Gasteiger partial charge in [0.2, 0.25) is 5.91 Å². The summed E-state index contributed by atoms with van der Waals surface area (Å²) in [5.41, 5.74) is 0.522. The van der Waals surface area contributed by atoms with Gasteiger partial charge in [0.25, 0.3) is 5.91 Å². The lowest BCUT2D eigenvalue weighted by Crippen LogP contribution is -2.41. The van der Waals surface area contributed by atoms with Crippen LogP contribution in [-0.4, -0.2) is 36.1 Å². The average molecular weight is 250 g/mol. The van der Waals surface area contributed by atoms with Gasteiger partial charge < -0.3 is 15.7 Å². The molecule has 0 aliphatic heterocycles. The van der Waals surface area contributed by atoms with Crippen molar-refractivity contribution in [1.82, 2.24) is 10.6 Å². The topological polar surface area (TPSA) is 78.4 Å². The predicted octanol–water partition coefficient (Wildman–Crippen LogP) is 0.303. The van der Waals surface area contributed by atoms with Gasteiger partial charge >= 0.3 is 0 Å². The number of aliphatic hydroxyl groups is 1. The van der Waals surface area contributed by atoms with E-state index in [0.717, 1.165) is 0 Å². The molecule has 1 aromatic rings. The third-order valence-electron chi connectivity index (χ3n) is 2.41. The SMILES string of the molecule is CC(CCO)NC(=O)CNC(=O)c1ccccc1. The molecule has 1 atom stereocenters. The molecule has 0 saturated heterocycles. The molecule has 0 aliphatic carbocycles. The number of hydrogen-bond donors (Lipinski definition) is 3. The molecule has 98 valence electrons. The molecule has 5 heteroatoms. The lowest BCUT2D eigenvalue weighted by Gasteiger charge is -2.12. The first-order valence-electron chi connectivity index (χ1n) is 5.87. The Bertz CT molecular complexity index is 392. The summed E-state index contributed by atoms with van der Waals surface area (Å²) in [7, 11) is 0. The van der Waals surface area contributed by atoms with Crippen LogP contribution in [0.15, 0.2) is 30.3 Å². The molecule has 0 aliphatic rings. The smallest absolute Gasteiger partial charge is 0.251 e. The zero-order chi connectivity index (χ0) is 13.4. The number of aliphatic hydroxyl groups excluding tert-OH is 1. The Morgan fingerprint density at radius 1 is 1.28 bits per heavy atom. The summed E-state index contributed by atoms with van der Waals surface area (Å²) in [5, 5.41) is 13.9. The van der Waals surface area contributed by atoms with E-state index in [9.17, 15) is 9.59 Å². The summed E-state index contributed by atoms with van der Waals surface area (Å²) in [6.45, 7) is 1.76. The third kappa shape index (κ3) is 4.97. The van der Waals surface area contributed by atoms with Crippen molar-refractivity contribution in [2.45, 2.75) is 19.4 Å². The highest BCUT2D eigenvalue weighted by molar-refractivity contribution is 5.96. The van der Waals surface area contributed by atoms with Crippen molar-refractivity contribution in [3.63, 3.8) is 0 Å². The normalized spacial score (nSPS) is 11.7. The summed E-state index contributed by atoms with van der Waals surface area (Å²) >= 11 is 0. The Kier molecular flexibility index (Phi) is 5.87. The summed E-state index contributed by atoms with van der Waals surface area (Å²) < 4.78 is 0. The van der Waals surface area contributed by atoms with Crippen LogP contribution in [0.3, 0.4) is 0 Å². The predicted molar refractivity (Wildman–Crippen MR) is 68.1 cm³/mol. The van der Waals surface area contributed by atoms with Crippen molar-refractivity contribution in [2.24, 2.45) is 0 Å². The third-order valence-corrected chi connectivity index (χ3v) is 2.41. The highest BCUT2D eigenvalue weighted by Crippen LogP contribution is 1.97. The lowest BCUT2D eigenvalue weighted by molar-refractivity contribution is -0.120. The Morgan fingerprint density at radius 2 is 1.94 bits per heavy atom. The Hall–Kier alpha value is -1.88. The summed E-state index contributed by atoms with van der Waals surface area (Å²) in [5.74, 6) is -0.541. The highest BCUT2D eigenvalue weighted by atomic mass is 16.3. The first-order chi connectivity index (χ1) is 8.63. The number of amides is 2. The second-order valence-electron chi connectivity index (χ2n) is 4.03. The van der Waals surface area contributed by atoms with E-state index in [1.54, 1.807) is 31.2 Å². The molecule has 0 saturated carbocycles. The van der Waals surface area contributed by atoms with Gasteiger partial charge in [-0.25, -0.2) is 0 Å². The molecule has 18 heavy (non-hydrogen) atoms. The Labute approximate surface area is 106 Å². The zero-order valence-electron chi connectivity index (χ0n) is 10.3. The Balaban J connectivity index is 2.33. The van der Waals surface area contributed by atoms with Crippen LogP contribution in [0.4, 0.5) is 0 Å². The van der Waals surface area contributed by atoms with Gasteiger partial charge in [0.1, 0.15) is 0 Å².